The van der Waals surface area contributed by atoms with Crippen LogP contribution in [0.2, 0.25) is 0 Å². The predicted molar refractivity (Wildman–Crippen MR) is 82.3 cm³/mol. The van der Waals surface area contributed by atoms with Crippen LogP contribution in [0.4, 0.5) is 5.82 Å². The number of aromatic nitrogens is 2. The number of piperidine rings is 1. The molecule has 2 rings (SSSR count). The highest BCUT2D eigenvalue weighted by Crippen LogP contribution is 2.12. The number of likely N-dealkylation sites (tertiary alicyclic amines) is 1. The first-order valence-corrected chi connectivity index (χ1v) is 7.65. The Morgan fingerprint density at radius 1 is 1.30 bits per heavy atom. The van der Waals surface area contributed by atoms with Gasteiger partial charge in [-0.2, -0.15) is 0 Å². The fourth-order valence-corrected chi connectivity index (χ4v) is 2.65. The van der Waals surface area contributed by atoms with Crippen molar-refractivity contribution in [1.29, 1.82) is 0 Å². The zero-order valence-corrected chi connectivity index (χ0v) is 12.8. The maximum atomic E-state index is 11.6. The molecule has 1 aromatic rings. The molecule has 1 aliphatic rings. The first-order valence-electron chi connectivity index (χ1n) is 7.65. The molecule has 5 heteroatoms. The van der Waals surface area contributed by atoms with Gasteiger partial charge in [0.1, 0.15) is 11.6 Å². The Hall–Kier alpha value is -1.36. The summed E-state index contributed by atoms with van der Waals surface area (Å²) in [7, 11) is 0. The number of aromatic amines is 1. The number of hydrogen-bond donors (Lipinski definition) is 2. The van der Waals surface area contributed by atoms with E-state index in [2.05, 4.69) is 27.1 Å². The van der Waals surface area contributed by atoms with Crippen LogP contribution in [0.5, 0.6) is 0 Å². The first kappa shape index (κ1) is 15.0. The van der Waals surface area contributed by atoms with Crippen LogP contribution in [0.25, 0.3) is 0 Å². The fraction of sp³-hybridized carbons (Fsp3) is 0.733. The highest BCUT2D eigenvalue weighted by molar-refractivity contribution is 5.34. The molecule has 20 heavy (non-hydrogen) atoms. The zero-order chi connectivity index (χ0) is 14.5. The number of anilines is 1. The largest absolute Gasteiger partial charge is 0.366 e. The molecule has 0 aliphatic carbocycles. The van der Waals surface area contributed by atoms with E-state index in [0.717, 1.165) is 12.4 Å². The minimum absolute atomic E-state index is 0.0867. The van der Waals surface area contributed by atoms with Crippen molar-refractivity contribution in [2.24, 2.45) is 0 Å². The highest BCUT2D eigenvalue weighted by atomic mass is 16.1. The van der Waals surface area contributed by atoms with Crippen molar-refractivity contribution in [3.05, 3.63) is 22.2 Å². The molecule has 2 heterocycles. The van der Waals surface area contributed by atoms with Gasteiger partial charge in [-0.25, -0.2) is 4.98 Å². The van der Waals surface area contributed by atoms with Gasteiger partial charge in [0.15, 0.2) is 0 Å². The van der Waals surface area contributed by atoms with E-state index in [4.69, 9.17) is 0 Å². The lowest BCUT2D eigenvalue weighted by atomic mass is 10.1. The number of nitrogens with one attached hydrogen (secondary N) is 2. The van der Waals surface area contributed by atoms with Gasteiger partial charge in [-0.1, -0.05) is 20.3 Å². The van der Waals surface area contributed by atoms with Gasteiger partial charge in [0.2, 0.25) is 0 Å². The molecule has 5 nitrogen and oxygen atoms in total. The third-order valence-electron chi connectivity index (χ3n) is 3.68. The molecule has 2 N–H and O–H groups in total. The molecule has 1 aliphatic heterocycles. The molecule has 1 unspecified atom stereocenters. The van der Waals surface area contributed by atoms with E-state index in [1.54, 1.807) is 6.07 Å². The highest BCUT2D eigenvalue weighted by Gasteiger charge is 2.14. The summed E-state index contributed by atoms with van der Waals surface area (Å²) in [5.74, 6) is 1.65. The van der Waals surface area contributed by atoms with Crippen LogP contribution >= 0.6 is 0 Å². The summed E-state index contributed by atoms with van der Waals surface area (Å²) in [4.78, 5) is 21.4. The summed E-state index contributed by atoms with van der Waals surface area (Å²) in [5.41, 5.74) is -0.0867. The monoisotopic (exact) mass is 278 g/mol. The van der Waals surface area contributed by atoms with Gasteiger partial charge >= 0.3 is 0 Å². The topological polar surface area (TPSA) is 61.0 Å². The van der Waals surface area contributed by atoms with Crippen molar-refractivity contribution in [2.75, 3.05) is 25.0 Å². The van der Waals surface area contributed by atoms with Crippen molar-refractivity contribution in [3.8, 4) is 0 Å². The van der Waals surface area contributed by atoms with Gasteiger partial charge in [-0.3, -0.25) is 4.79 Å². The zero-order valence-electron chi connectivity index (χ0n) is 12.8. The smallest absolute Gasteiger partial charge is 0.252 e. The van der Waals surface area contributed by atoms with Crippen LogP contribution in [0.15, 0.2) is 10.9 Å². The quantitative estimate of drug-likeness (QED) is 0.866. The van der Waals surface area contributed by atoms with Crippen LogP contribution in [0.3, 0.4) is 0 Å². The van der Waals surface area contributed by atoms with E-state index in [1.807, 2.05) is 13.8 Å². The molecule has 0 radical (unpaired) electrons. The Bertz CT molecular complexity index is 477. The van der Waals surface area contributed by atoms with Crippen molar-refractivity contribution >= 4 is 5.82 Å². The minimum atomic E-state index is -0.0867. The molecule has 0 aromatic carbocycles. The van der Waals surface area contributed by atoms with Gasteiger partial charge in [0.05, 0.1) is 0 Å². The molecule has 112 valence electrons. The Balaban J connectivity index is 1.96. The molecule has 0 spiro atoms. The summed E-state index contributed by atoms with van der Waals surface area (Å²) >= 11 is 0. The van der Waals surface area contributed by atoms with Crippen molar-refractivity contribution in [3.63, 3.8) is 0 Å². The second-order valence-electron chi connectivity index (χ2n) is 6.08. The van der Waals surface area contributed by atoms with Crippen LogP contribution in [-0.2, 0) is 0 Å². The second-order valence-corrected chi connectivity index (χ2v) is 6.08. The molecule has 0 amide bonds. The van der Waals surface area contributed by atoms with E-state index >= 15 is 0 Å². The van der Waals surface area contributed by atoms with Crippen LogP contribution in [0.1, 0.15) is 51.8 Å². The Labute approximate surface area is 120 Å². The molecular formula is C15H26N4O. The third kappa shape index (κ3) is 4.34. The molecule has 1 fully saturated rings. The number of H-pyrrole nitrogens is 1. The lowest BCUT2D eigenvalue weighted by Crippen LogP contribution is -2.38. The predicted octanol–water partition coefficient (Wildman–Crippen LogP) is 2.18. The number of nitrogens with zero attached hydrogens (tertiary/aromatic N) is 2. The lowest BCUT2D eigenvalue weighted by Gasteiger charge is -2.29. The van der Waals surface area contributed by atoms with Crippen molar-refractivity contribution in [2.45, 2.75) is 52.0 Å². The van der Waals surface area contributed by atoms with E-state index in [0.29, 0.717) is 11.9 Å². The first-order chi connectivity index (χ1) is 9.54. The molecule has 0 bridgehead atoms. The van der Waals surface area contributed by atoms with Gasteiger partial charge in [-0.05, 0) is 32.9 Å². The fourth-order valence-electron chi connectivity index (χ4n) is 2.65. The third-order valence-corrected chi connectivity index (χ3v) is 3.68. The van der Waals surface area contributed by atoms with E-state index in [9.17, 15) is 4.79 Å². The van der Waals surface area contributed by atoms with E-state index < -0.39 is 0 Å². The van der Waals surface area contributed by atoms with Crippen LogP contribution in [0, 0.1) is 0 Å². The van der Waals surface area contributed by atoms with Gasteiger partial charge in [-0.15, -0.1) is 0 Å². The number of rotatable bonds is 5. The van der Waals surface area contributed by atoms with Gasteiger partial charge < -0.3 is 15.2 Å². The molecule has 1 saturated heterocycles. The van der Waals surface area contributed by atoms with Gasteiger partial charge in [0.25, 0.3) is 5.56 Å². The molecule has 0 saturated carbocycles. The van der Waals surface area contributed by atoms with Gasteiger partial charge in [0, 0.05) is 24.6 Å². The lowest BCUT2D eigenvalue weighted by molar-refractivity contribution is 0.223. The van der Waals surface area contributed by atoms with E-state index in [1.165, 1.54) is 32.4 Å². The normalized spacial score (nSPS) is 18.2. The summed E-state index contributed by atoms with van der Waals surface area (Å²) in [6.45, 7) is 9.58. The molecule has 1 aromatic heterocycles. The molecular weight excluding hydrogens is 252 g/mol. The Kier molecular flexibility index (Phi) is 5.17. The second kappa shape index (κ2) is 6.88. The minimum Gasteiger partial charge on any atom is -0.366 e. The maximum Gasteiger partial charge on any atom is 0.252 e. The Morgan fingerprint density at radius 2 is 2.00 bits per heavy atom. The van der Waals surface area contributed by atoms with Crippen molar-refractivity contribution < 1.29 is 0 Å². The average molecular weight is 278 g/mol. The number of hydrogen-bond acceptors (Lipinski definition) is 4. The SMILES string of the molecule is CC(CN1CCCCC1)Nc1cc(=O)[nH]c(C(C)C)n1. The standard InChI is InChI=1S/C15H26N4O/c1-11(2)15-17-13(9-14(20)18-15)16-12(3)10-19-7-5-4-6-8-19/h9,11-12H,4-8,10H2,1-3H3,(H2,16,17,18,20). The average Bonchev–Trinajstić information content (AvgIpc) is 2.38. The Morgan fingerprint density at radius 3 is 2.65 bits per heavy atom. The summed E-state index contributed by atoms with van der Waals surface area (Å²) in [6, 6.07) is 1.83. The van der Waals surface area contributed by atoms with Crippen LogP contribution in [-0.4, -0.2) is 40.5 Å². The summed E-state index contributed by atoms with van der Waals surface area (Å²) < 4.78 is 0. The summed E-state index contributed by atoms with van der Waals surface area (Å²) in [5, 5.41) is 3.35. The van der Waals surface area contributed by atoms with Crippen LogP contribution < -0.4 is 10.9 Å². The molecule has 1 atom stereocenters. The van der Waals surface area contributed by atoms with E-state index in [-0.39, 0.29) is 11.5 Å². The summed E-state index contributed by atoms with van der Waals surface area (Å²) in [6.07, 6.45) is 3.95. The van der Waals surface area contributed by atoms with Crippen molar-refractivity contribution in [1.82, 2.24) is 14.9 Å². The maximum absolute atomic E-state index is 11.6.